The number of aromatic nitrogens is 2. The van der Waals surface area contributed by atoms with Crippen LogP contribution in [0.15, 0.2) is 12.4 Å². The van der Waals surface area contributed by atoms with Crippen molar-refractivity contribution >= 4 is 5.78 Å². The molecule has 0 saturated heterocycles. The number of ketones is 1. The topological polar surface area (TPSA) is 52.1 Å². The first kappa shape index (κ1) is 14.0. The molecule has 1 heterocycles. The molecule has 4 heteroatoms. The minimum Gasteiger partial charge on any atom is -0.479 e. The monoisotopic (exact) mass is 262 g/mol. The van der Waals surface area contributed by atoms with E-state index in [1.54, 1.807) is 12.4 Å². The SMILES string of the molecule is COc1nccnc1C(=O)C1(CC(C)C)CCCC1. The number of hydrogen-bond acceptors (Lipinski definition) is 4. The van der Waals surface area contributed by atoms with Crippen LogP contribution in [0.5, 0.6) is 5.88 Å². The molecule has 1 saturated carbocycles. The van der Waals surface area contributed by atoms with Crippen LogP contribution in [0.4, 0.5) is 0 Å². The van der Waals surface area contributed by atoms with Crippen LogP contribution >= 0.6 is 0 Å². The van der Waals surface area contributed by atoms with Crippen molar-refractivity contribution in [1.82, 2.24) is 9.97 Å². The third-order valence-corrected chi connectivity index (χ3v) is 3.91. The fraction of sp³-hybridized carbons (Fsp3) is 0.667. The molecule has 104 valence electrons. The molecule has 2 rings (SSSR count). The zero-order valence-electron chi connectivity index (χ0n) is 12.0. The lowest BCUT2D eigenvalue weighted by atomic mass is 9.74. The van der Waals surface area contributed by atoms with Gasteiger partial charge in [0.15, 0.2) is 11.5 Å². The van der Waals surface area contributed by atoms with E-state index in [0.29, 0.717) is 17.5 Å². The summed E-state index contributed by atoms with van der Waals surface area (Å²) < 4.78 is 5.18. The highest BCUT2D eigenvalue weighted by atomic mass is 16.5. The molecule has 0 bridgehead atoms. The molecule has 1 aromatic heterocycles. The smallest absolute Gasteiger partial charge is 0.243 e. The Balaban J connectivity index is 2.34. The maximum Gasteiger partial charge on any atom is 0.243 e. The molecule has 0 spiro atoms. The van der Waals surface area contributed by atoms with Crippen molar-refractivity contribution in [3.8, 4) is 5.88 Å². The molecule has 0 aliphatic heterocycles. The summed E-state index contributed by atoms with van der Waals surface area (Å²) in [6.45, 7) is 4.34. The summed E-state index contributed by atoms with van der Waals surface area (Å²) in [5, 5.41) is 0. The first-order valence-corrected chi connectivity index (χ1v) is 6.99. The van der Waals surface area contributed by atoms with Gasteiger partial charge in [-0.3, -0.25) is 4.79 Å². The van der Waals surface area contributed by atoms with Gasteiger partial charge in [-0.2, -0.15) is 0 Å². The molecule has 1 aromatic rings. The highest BCUT2D eigenvalue weighted by Crippen LogP contribution is 2.46. The second-order valence-corrected chi connectivity index (χ2v) is 5.83. The Labute approximate surface area is 114 Å². The third kappa shape index (κ3) is 2.77. The zero-order valence-corrected chi connectivity index (χ0v) is 12.0. The third-order valence-electron chi connectivity index (χ3n) is 3.91. The molecule has 0 unspecified atom stereocenters. The van der Waals surface area contributed by atoms with Crippen LogP contribution < -0.4 is 4.74 Å². The Hall–Kier alpha value is -1.45. The highest BCUT2D eigenvalue weighted by molar-refractivity contribution is 6.00. The van der Waals surface area contributed by atoms with Gasteiger partial charge in [0.1, 0.15) is 0 Å². The molecule has 4 nitrogen and oxygen atoms in total. The second kappa shape index (κ2) is 5.68. The molecule has 0 amide bonds. The minimum absolute atomic E-state index is 0.114. The van der Waals surface area contributed by atoms with Crippen LogP contribution in [0, 0.1) is 11.3 Å². The van der Waals surface area contributed by atoms with Crippen LogP contribution in [-0.4, -0.2) is 22.9 Å². The van der Waals surface area contributed by atoms with Crippen molar-refractivity contribution in [3.05, 3.63) is 18.1 Å². The van der Waals surface area contributed by atoms with E-state index in [0.717, 1.165) is 32.1 Å². The van der Waals surface area contributed by atoms with Crippen molar-refractivity contribution in [1.29, 1.82) is 0 Å². The van der Waals surface area contributed by atoms with Gasteiger partial charge in [0.2, 0.25) is 5.88 Å². The molecule has 1 fully saturated rings. The lowest BCUT2D eigenvalue weighted by Gasteiger charge is -2.29. The van der Waals surface area contributed by atoms with Crippen molar-refractivity contribution < 1.29 is 9.53 Å². The Morgan fingerprint density at radius 1 is 1.32 bits per heavy atom. The molecule has 0 aromatic carbocycles. The second-order valence-electron chi connectivity index (χ2n) is 5.83. The fourth-order valence-corrected chi connectivity index (χ4v) is 3.24. The Morgan fingerprint density at radius 2 is 1.95 bits per heavy atom. The molecule has 1 aliphatic rings. The van der Waals surface area contributed by atoms with E-state index in [9.17, 15) is 4.79 Å². The lowest BCUT2D eigenvalue weighted by molar-refractivity contribution is 0.0749. The highest BCUT2D eigenvalue weighted by Gasteiger charge is 2.43. The molecule has 0 N–H and O–H groups in total. The standard InChI is InChI=1S/C15H22N2O2/c1-11(2)10-15(6-4-5-7-15)13(18)12-14(19-3)17-9-8-16-12/h8-9,11H,4-7,10H2,1-3H3. The van der Waals surface area contributed by atoms with E-state index in [2.05, 4.69) is 23.8 Å². The van der Waals surface area contributed by atoms with Gasteiger partial charge in [0.05, 0.1) is 7.11 Å². The van der Waals surface area contributed by atoms with Crippen molar-refractivity contribution in [2.45, 2.75) is 46.0 Å². The molecular formula is C15H22N2O2. The number of methoxy groups -OCH3 is 1. The Kier molecular flexibility index (Phi) is 4.17. The van der Waals surface area contributed by atoms with Crippen molar-refractivity contribution in [2.24, 2.45) is 11.3 Å². The molecule has 0 atom stereocenters. The Bertz CT molecular complexity index is 451. The largest absolute Gasteiger partial charge is 0.479 e. The van der Waals surface area contributed by atoms with Crippen LogP contribution in [0.2, 0.25) is 0 Å². The minimum atomic E-state index is -0.252. The summed E-state index contributed by atoms with van der Waals surface area (Å²) in [7, 11) is 1.53. The lowest BCUT2D eigenvalue weighted by Crippen LogP contribution is -2.31. The van der Waals surface area contributed by atoms with Gasteiger partial charge in [-0.25, -0.2) is 9.97 Å². The summed E-state index contributed by atoms with van der Waals surface area (Å²) in [6, 6.07) is 0. The average molecular weight is 262 g/mol. The predicted molar refractivity (Wildman–Crippen MR) is 73.3 cm³/mol. The van der Waals surface area contributed by atoms with Gasteiger partial charge in [-0.1, -0.05) is 26.7 Å². The molecular weight excluding hydrogens is 240 g/mol. The maximum atomic E-state index is 12.9. The number of ether oxygens (including phenoxy) is 1. The van der Waals surface area contributed by atoms with E-state index in [-0.39, 0.29) is 11.2 Å². The van der Waals surface area contributed by atoms with Crippen LogP contribution in [-0.2, 0) is 0 Å². The first-order chi connectivity index (χ1) is 9.09. The normalized spacial score (nSPS) is 17.7. The quantitative estimate of drug-likeness (QED) is 0.764. The summed E-state index contributed by atoms with van der Waals surface area (Å²) in [5.41, 5.74) is 0.143. The van der Waals surface area contributed by atoms with Gasteiger partial charge in [0, 0.05) is 17.8 Å². The summed E-state index contributed by atoms with van der Waals surface area (Å²) in [4.78, 5) is 21.2. The van der Waals surface area contributed by atoms with E-state index >= 15 is 0 Å². The summed E-state index contributed by atoms with van der Waals surface area (Å²) >= 11 is 0. The average Bonchev–Trinajstić information content (AvgIpc) is 2.86. The van der Waals surface area contributed by atoms with E-state index in [1.165, 1.54) is 7.11 Å². The van der Waals surface area contributed by atoms with Gasteiger partial charge in [0.25, 0.3) is 0 Å². The van der Waals surface area contributed by atoms with Gasteiger partial charge in [-0.05, 0) is 25.2 Å². The van der Waals surface area contributed by atoms with E-state index in [4.69, 9.17) is 4.74 Å². The number of hydrogen-bond donors (Lipinski definition) is 0. The number of carbonyl (C=O) groups is 1. The van der Waals surface area contributed by atoms with E-state index < -0.39 is 0 Å². The van der Waals surface area contributed by atoms with Crippen LogP contribution in [0.25, 0.3) is 0 Å². The van der Waals surface area contributed by atoms with Crippen LogP contribution in [0.3, 0.4) is 0 Å². The fourth-order valence-electron chi connectivity index (χ4n) is 3.24. The molecule has 19 heavy (non-hydrogen) atoms. The van der Waals surface area contributed by atoms with Crippen molar-refractivity contribution in [3.63, 3.8) is 0 Å². The van der Waals surface area contributed by atoms with E-state index in [1.807, 2.05) is 0 Å². The maximum absolute atomic E-state index is 12.9. The Morgan fingerprint density at radius 3 is 2.53 bits per heavy atom. The first-order valence-electron chi connectivity index (χ1n) is 6.99. The number of nitrogens with zero attached hydrogens (tertiary/aromatic N) is 2. The van der Waals surface area contributed by atoms with Crippen LogP contribution in [0.1, 0.15) is 56.4 Å². The zero-order chi connectivity index (χ0) is 13.9. The number of carbonyl (C=O) groups excluding carboxylic acids is 1. The van der Waals surface area contributed by atoms with Gasteiger partial charge in [-0.15, -0.1) is 0 Å². The molecule has 0 radical (unpaired) electrons. The predicted octanol–water partition coefficient (Wildman–Crippen LogP) is 3.27. The summed E-state index contributed by atoms with van der Waals surface area (Å²) in [6.07, 6.45) is 8.22. The van der Waals surface area contributed by atoms with Gasteiger partial charge < -0.3 is 4.74 Å². The number of Topliss-reactive ketones (excluding diaryl/α,β-unsaturated/α-hetero) is 1. The van der Waals surface area contributed by atoms with Gasteiger partial charge >= 0.3 is 0 Å². The van der Waals surface area contributed by atoms with Crippen molar-refractivity contribution in [2.75, 3.05) is 7.11 Å². The molecule has 1 aliphatic carbocycles. The summed E-state index contributed by atoms with van der Waals surface area (Å²) in [5.74, 6) is 0.968. The number of rotatable bonds is 5.